The molecule has 3 unspecified atom stereocenters. The SMILES string of the molecule is C1=CC(c2ccccc2)C(C2C=Cc3c(c4cc(-c5ccccc5-c5ccccc5)ccc4n3-c3ccc(N(c4ccccc4)c4cccc(-c5c6ccccc6c(C6=CC(c7ccccc7)=CCC6)c6ccccc56)c4)cc3)C2)C=C1. The Bertz CT molecular complexity index is 4460. The van der Waals surface area contributed by atoms with Crippen LogP contribution in [0.1, 0.15) is 46.7 Å². The summed E-state index contributed by atoms with van der Waals surface area (Å²) in [4.78, 5) is 2.41. The molecule has 3 aliphatic carbocycles. The number of fused-ring (bicyclic) bond motifs is 5. The summed E-state index contributed by atoms with van der Waals surface area (Å²) in [5.41, 5.74) is 22.3. The Kier molecular flexibility index (Phi) is 12.7. The van der Waals surface area contributed by atoms with Crippen molar-refractivity contribution in [1.82, 2.24) is 4.57 Å². The average molecular weight is 1050 g/mol. The molecule has 0 N–H and O–H groups in total. The minimum atomic E-state index is 0.306. The minimum absolute atomic E-state index is 0.306. The van der Waals surface area contributed by atoms with Crippen molar-refractivity contribution in [3.63, 3.8) is 0 Å². The number of benzene rings is 11. The molecular weight excluding hydrogens is 989 g/mol. The van der Waals surface area contributed by atoms with E-state index in [1.54, 1.807) is 0 Å². The van der Waals surface area contributed by atoms with Gasteiger partial charge in [0.1, 0.15) is 0 Å². The highest BCUT2D eigenvalue weighted by atomic mass is 15.1. The molecule has 3 atom stereocenters. The highest BCUT2D eigenvalue weighted by Crippen LogP contribution is 2.48. The summed E-state index contributed by atoms with van der Waals surface area (Å²) in [5, 5.41) is 6.41. The molecule has 2 nitrogen and oxygen atoms in total. The summed E-state index contributed by atoms with van der Waals surface area (Å²) >= 11 is 0. The van der Waals surface area contributed by atoms with E-state index in [4.69, 9.17) is 0 Å². The molecule has 390 valence electrons. The Balaban J connectivity index is 0.837. The number of aromatic nitrogens is 1. The van der Waals surface area contributed by atoms with Gasteiger partial charge in [-0.15, -0.1) is 0 Å². The van der Waals surface area contributed by atoms with Gasteiger partial charge in [0.2, 0.25) is 0 Å². The molecule has 3 aliphatic rings. The van der Waals surface area contributed by atoms with Crippen LogP contribution in [0.15, 0.2) is 303 Å². The van der Waals surface area contributed by atoms with Gasteiger partial charge in [0.25, 0.3) is 0 Å². The summed E-state index contributed by atoms with van der Waals surface area (Å²) in [6, 6.07) is 96.2. The van der Waals surface area contributed by atoms with E-state index in [1.165, 1.54) is 105 Å². The van der Waals surface area contributed by atoms with Gasteiger partial charge < -0.3 is 9.47 Å². The van der Waals surface area contributed by atoms with Crippen molar-refractivity contribution < 1.29 is 0 Å². The van der Waals surface area contributed by atoms with Crippen LogP contribution in [0.2, 0.25) is 0 Å². The molecule has 15 rings (SSSR count). The van der Waals surface area contributed by atoms with E-state index in [9.17, 15) is 0 Å². The molecule has 2 heteroatoms. The number of rotatable bonds is 11. The Labute approximate surface area is 480 Å². The highest BCUT2D eigenvalue weighted by Gasteiger charge is 2.32. The van der Waals surface area contributed by atoms with Gasteiger partial charge in [-0.2, -0.15) is 0 Å². The summed E-state index contributed by atoms with van der Waals surface area (Å²) in [7, 11) is 0. The highest BCUT2D eigenvalue weighted by molar-refractivity contribution is 6.19. The van der Waals surface area contributed by atoms with Gasteiger partial charge in [0.15, 0.2) is 0 Å². The first-order valence-electron chi connectivity index (χ1n) is 29.1. The smallest absolute Gasteiger partial charge is 0.0538 e. The first-order chi connectivity index (χ1) is 40.7. The molecule has 1 aromatic heterocycles. The molecule has 0 saturated heterocycles. The van der Waals surface area contributed by atoms with Gasteiger partial charge >= 0.3 is 0 Å². The second-order valence-corrected chi connectivity index (χ2v) is 22.2. The van der Waals surface area contributed by atoms with Crippen molar-refractivity contribution in [2.75, 3.05) is 4.90 Å². The van der Waals surface area contributed by atoms with Gasteiger partial charge in [0.05, 0.1) is 5.52 Å². The van der Waals surface area contributed by atoms with Crippen LogP contribution in [0, 0.1) is 11.8 Å². The summed E-state index contributed by atoms with van der Waals surface area (Å²) < 4.78 is 2.51. The fourth-order valence-electron chi connectivity index (χ4n) is 13.7. The molecule has 0 amide bonds. The molecule has 0 aliphatic heterocycles. The van der Waals surface area contributed by atoms with E-state index in [2.05, 4.69) is 319 Å². The van der Waals surface area contributed by atoms with E-state index in [-0.39, 0.29) is 0 Å². The zero-order chi connectivity index (χ0) is 54.3. The Morgan fingerprint density at radius 3 is 1.70 bits per heavy atom. The number of para-hydroxylation sites is 1. The maximum absolute atomic E-state index is 2.51. The average Bonchev–Trinajstić information content (AvgIpc) is 3.09. The van der Waals surface area contributed by atoms with Crippen LogP contribution in [0.25, 0.3) is 88.7 Å². The molecule has 0 spiro atoms. The summed E-state index contributed by atoms with van der Waals surface area (Å²) in [5.74, 6) is 0.964. The second-order valence-electron chi connectivity index (χ2n) is 22.2. The molecule has 0 fully saturated rings. The monoisotopic (exact) mass is 1050 g/mol. The molecule has 0 bridgehead atoms. The standard InChI is InChI=1S/C80H60N2/c1-5-23-55(24-6-1)58-29-21-30-61(51-58)79-71-39-17-19-41-73(71)80(74-42-20-18-40-72(74)79)62-31-22-34-66(52-62)81(63-32-11-4-12-33-63)64-45-47-65(48-46-64)82-77-49-43-59(69-37-15-13-35-67(69)56-25-7-2-8-26-56)53-75(77)76-54-60(44-50-78(76)82)70-38-16-14-36-68(70)57-27-9-3-10-28-57/h1-20,22-29,31-53,60,68,70H,21,30,54H2. The summed E-state index contributed by atoms with van der Waals surface area (Å²) in [6.07, 6.45) is 22.0. The molecule has 11 aromatic carbocycles. The third-order valence-corrected chi connectivity index (χ3v) is 17.5. The topological polar surface area (TPSA) is 8.17 Å². The lowest BCUT2D eigenvalue weighted by Gasteiger charge is -2.32. The quantitative estimate of drug-likeness (QED) is 0.117. The van der Waals surface area contributed by atoms with Gasteiger partial charge in [-0.3, -0.25) is 0 Å². The van der Waals surface area contributed by atoms with Gasteiger partial charge in [-0.1, -0.05) is 243 Å². The number of allylic oxidation sites excluding steroid dienone is 9. The minimum Gasteiger partial charge on any atom is -0.310 e. The van der Waals surface area contributed by atoms with Crippen molar-refractivity contribution in [1.29, 1.82) is 0 Å². The lowest BCUT2D eigenvalue weighted by Crippen LogP contribution is -2.23. The fourth-order valence-corrected chi connectivity index (χ4v) is 13.7. The van der Waals surface area contributed by atoms with Gasteiger partial charge in [-0.25, -0.2) is 0 Å². The second kappa shape index (κ2) is 21.2. The van der Waals surface area contributed by atoms with Crippen molar-refractivity contribution in [2.24, 2.45) is 11.8 Å². The van der Waals surface area contributed by atoms with Gasteiger partial charge in [0, 0.05) is 39.7 Å². The first-order valence-corrected chi connectivity index (χ1v) is 29.1. The number of hydrogen-bond acceptors (Lipinski definition) is 1. The number of anilines is 3. The molecule has 82 heavy (non-hydrogen) atoms. The maximum Gasteiger partial charge on any atom is 0.0538 e. The molecule has 0 radical (unpaired) electrons. The molecule has 0 saturated carbocycles. The maximum atomic E-state index is 2.51. The van der Waals surface area contributed by atoms with E-state index in [0.29, 0.717) is 17.8 Å². The van der Waals surface area contributed by atoms with Crippen LogP contribution in [0.3, 0.4) is 0 Å². The van der Waals surface area contributed by atoms with E-state index >= 15 is 0 Å². The first kappa shape index (κ1) is 49.1. The predicted molar refractivity (Wildman–Crippen MR) is 348 cm³/mol. The molecule has 12 aromatic rings. The van der Waals surface area contributed by atoms with Crippen LogP contribution in [-0.2, 0) is 6.42 Å². The van der Waals surface area contributed by atoms with Crippen molar-refractivity contribution in [3.8, 4) is 39.1 Å². The lowest BCUT2D eigenvalue weighted by molar-refractivity contribution is 0.430. The summed E-state index contributed by atoms with van der Waals surface area (Å²) in [6.45, 7) is 0. The zero-order valence-corrected chi connectivity index (χ0v) is 45.7. The van der Waals surface area contributed by atoms with E-state index in [0.717, 1.165) is 42.0 Å². The Morgan fingerprint density at radius 2 is 0.988 bits per heavy atom. The van der Waals surface area contributed by atoms with E-state index < -0.39 is 0 Å². The predicted octanol–water partition coefficient (Wildman–Crippen LogP) is 21.4. The van der Waals surface area contributed by atoms with Gasteiger partial charge in [-0.05, 0) is 186 Å². The van der Waals surface area contributed by atoms with Crippen LogP contribution >= 0.6 is 0 Å². The molecule has 1 heterocycles. The fraction of sp³-hybridized carbons (Fsp3) is 0.0750. The van der Waals surface area contributed by atoms with Crippen LogP contribution < -0.4 is 4.90 Å². The molecular formula is C80H60N2. The largest absolute Gasteiger partial charge is 0.310 e. The zero-order valence-electron chi connectivity index (χ0n) is 45.7. The number of hydrogen-bond donors (Lipinski definition) is 0. The third kappa shape index (κ3) is 8.85. The Morgan fingerprint density at radius 1 is 0.415 bits per heavy atom. The van der Waals surface area contributed by atoms with Crippen molar-refractivity contribution >= 4 is 66.7 Å². The van der Waals surface area contributed by atoms with Crippen molar-refractivity contribution in [3.05, 3.63) is 331 Å². The number of nitrogens with zero attached hydrogens (tertiary/aromatic N) is 2. The van der Waals surface area contributed by atoms with E-state index in [1.807, 2.05) is 0 Å². The van der Waals surface area contributed by atoms with Crippen LogP contribution in [0.4, 0.5) is 17.1 Å². The van der Waals surface area contributed by atoms with Crippen LogP contribution in [-0.4, -0.2) is 4.57 Å². The van der Waals surface area contributed by atoms with Crippen molar-refractivity contribution in [2.45, 2.75) is 25.2 Å². The normalized spacial score (nSPS) is 16.5. The third-order valence-electron chi connectivity index (χ3n) is 17.5. The van der Waals surface area contributed by atoms with Crippen LogP contribution in [0.5, 0.6) is 0 Å². The Hall–Kier alpha value is -10.0. The lowest BCUT2D eigenvalue weighted by atomic mass is 9.72.